The van der Waals surface area contributed by atoms with Gasteiger partial charge in [0.2, 0.25) is 0 Å². The van der Waals surface area contributed by atoms with Crippen LogP contribution in [0.3, 0.4) is 0 Å². The third-order valence-electron chi connectivity index (χ3n) is 2.18. The molecular weight excluding hydrogens is 238 g/mol. The molecule has 0 radical (unpaired) electrons. The first kappa shape index (κ1) is 11.9. The molecule has 7 heteroatoms. The zero-order valence-corrected chi connectivity index (χ0v) is 9.58. The molecule has 1 heterocycles. The molecule has 0 unspecified atom stereocenters. The molecule has 18 heavy (non-hydrogen) atoms. The fourth-order valence-corrected chi connectivity index (χ4v) is 1.35. The molecule has 3 N–H and O–H groups in total. The van der Waals surface area contributed by atoms with Crippen LogP contribution in [0.2, 0.25) is 0 Å². The fraction of sp³-hybridized carbons (Fsp3) is 0.182. The summed E-state index contributed by atoms with van der Waals surface area (Å²) in [5, 5.41) is 13.2. The number of carbonyl (C=O) groups is 1. The average molecular weight is 249 g/mol. The van der Waals surface area contributed by atoms with Crippen LogP contribution in [0.4, 0.5) is 5.69 Å². The van der Waals surface area contributed by atoms with Crippen molar-refractivity contribution >= 4 is 11.7 Å². The highest BCUT2D eigenvalue weighted by molar-refractivity contribution is 5.85. The number of para-hydroxylation sites is 1. The standard InChI is InChI=1S/C11H11N3O4/c1-2-17-11(16)9-13-10(18-14-9)6-4-3-5-7(12)8(6)15/h3-5,15H,2,12H2,1H3. The first-order valence-corrected chi connectivity index (χ1v) is 5.22. The SMILES string of the molecule is CCOC(=O)c1noc(-c2cccc(N)c2O)n1. The first-order valence-electron chi connectivity index (χ1n) is 5.22. The summed E-state index contributed by atoms with van der Waals surface area (Å²) < 4.78 is 9.60. The Hall–Kier alpha value is -2.57. The van der Waals surface area contributed by atoms with Crippen molar-refractivity contribution in [3.05, 3.63) is 24.0 Å². The molecule has 2 rings (SSSR count). The van der Waals surface area contributed by atoms with Crippen molar-refractivity contribution in [1.82, 2.24) is 10.1 Å². The maximum Gasteiger partial charge on any atom is 0.379 e. The summed E-state index contributed by atoms with van der Waals surface area (Å²) in [6.07, 6.45) is 0. The van der Waals surface area contributed by atoms with Gasteiger partial charge in [0.1, 0.15) is 0 Å². The van der Waals surface area contributed by atoms with E-state index in [0.29, 0.717) is 0 Å². The maximum atomic E-state index is 11.3. The molecule has 0 aliphatic rings. The van der Waals surface area contributed by atoms with Gasteiger partial charge in [-0.05, 0) is 24.2 Å². The van der Waals surface area contributed by atoms with Gasteiger partial charge in [-0.1, -0.05) is 6.07 Å². The summed E-state index contributed by atoms with van der Waals surface area (Å²) in [4.78, 5) is 15.2. The minimum atomic E-state index is -0.684. The lowest BCUT2D eigenvalue weighted by molar-refractivity contribution is 0.0508. The van der Waals surface area contributed by atoms with Crippen molar-refractivity contribution in [2.24, 2.45) is 0 Å². The van der Waals surface area contributed by atoms with E-state index >= 15 is 0 Å². The minimum Gasteiger partial charge on any atom is -0.505 e. The summed E-state index contributed by atoms with van der Waals surface area (Å²) in [6.45, 7) is 1.88. The number of nitrogen functional groups attached to an aromatic ring is 1. The maximum absolute atomic E-state index is 11.3. The zero-order chi connectivity index (χ0) is 13.1. The summed E-state index contributed by atoms with van der Waals surface area (Å²) >= 11 is 0. The quantitative estimate of drug-likeness (QED) is 0.477. The molecule has 0 aliphatic carbocycles. The van der Waals surface area contributed by atoms with E-state index in [4.69, 9.17) is 15.0 Å². The zero-order valence-electron chi connectivity index (χ0n) is 9.58. The van der Waals surface area contributed by atoms with Crippen LogP contribution in [0.1, 0.15) is 17.5 Å². The third-order valence-corrected chi connectivity index (χ3v) is 2.18. The second-order valence-electron chi connectivity index (χ2n) is 3.39. The lowest BCUT2D eigenvalue weighted by Crippen LogP contribution is -2.06. The van der Waals surface area contributed by atoms with E-state index < -0.39 is 5.97 Å². The molecule has 0 saturated carbocycles. The number of aromatic hydroxyl groups is 1. The molecule has 0 fully saturated rings. The van der Waals surface area contributed by atoms with E-state index in [1.807, 2.05) is 0 Å². The molecular formula is C11H11N3O4. The van der Waals surface area contributed by atoms with Gasteiger partial charge in [-0.2, -0.15) is 4.98 Å². The molecule has 1 aromatic carbocycles. The van der Waals surface area contributed by atoms with E-state index in [9.17, 15) is 9.90 Å². The number of nitrogens with zero attached hydrogens (tertiary/aromatic N) is 2. The first-order chi connectivity index (χ1) is 8.63. The second-order valence-corrected chi connectivity index (χ2v) is 3.39. The van der Waals surface area contributed by atoms with Crippen LogP contribution in [-0.4, -0.2) is 27.8 Å². The van der Waals surface area contributed by atoms with Crippen molar-refractivity contribution in [1.29, 1.82) is 0 Å². The Morgan fingerprint density at radius 3 is 3.06 bits per heavy atom. The number of hydrogen-bond acceptors (Lipinski definition) is 7. The van der Waals surface area contributed by atoms with Crippen LogP contribution in [0.25, 0.3) is 11.5 Å². The molecule has 0 bridgehead atoms. The summed E-state index contributed by atoms with van der Waals surface area (Å²) in [5.41, 5.74) is 5.99. The van der Waals surface area contributed by atoms with Crippen LogP contribution >= 0.6 is 0 Å². The van der Waals surface area contributed by atoms with Crippen molar-refractivity contribution < 1.29 is 19.2 Å². The van der Waals surface area contributed by atoms with Crippen molar-refractivity contribution in [2.45, 2.75) is 6.92 Å². The van der Waals surface area contributed by atoms with Gasteiger partial charge in [0, 0.05) is 0 Å². The van der Waals surface area contributed by atoms with Crippen LogP contribution in [0.15, 0.2) is 22.7 Å². The second kappa shape index (κ2) is 4.74. The summed E-state index contributed by atoms with van der Waals surface area (Å²) in [7, 11) is 0. The number of phenolic OH excluding ortho intramolecular Hbond substituents is 1. The molecule has 1 aromatic heterocycles. The van der Waals surface area contributed by atoms with Crippen LogP contribution in [-0.2, 0) is 4.74 Å². The molecule has 0 aliphatic heterocycles. The number of rotatable bonds is 3. The number of nitrogens with two attached hydrogens (primary N) is 1. The predicted octanol–water partition coefficient (Wildman–Crippen LogP) is 1.20. The Kier molecular flexibility index (Phi) is 3.13. The molecule has 7 nitrogen and oxygen atoms in total. The largest absolute Gasteiger partial charge is 0.505 e. The van der Waals surface area contributed by atoms with Gasteiger partial charge >= 0.3 is 5.97 Å². The number of esters is 1. The van der Waals surface area contributed by atoms with Crippen LogP contribution in [0, 0.1) is 0 Å². The number of anilines is 1. The molecule has 0 atom stereocenters. The Labute approximate surface area is 102 Å². The number of ether oxygens (including phenoxy) is 1. The molecule has 94 valence electrons. The molecule has 0 saturated heterocycles. The molecule has 0 amide bonds. The normalized spacial score (nSPS) is 10.3. The number of hydrogen-bond donors (Lipinski definition) is 2. The van der Waals surface area contributed by atoms with Crippen molar-refractivity contribution in [2.75, 3.05) is 12.3 Å². The average Bonchev–Trinajstić information content (AvgIpc) is 2.82. The Morgan fingerprint density at radius 1 is 1.56 bits per heavy atom. The molecule has 0 spiro atoms. The monoisotopic (exact) mass is 249 g/mol. The summed E-state index contributed by atoms with van der Waals surface area (Å²) in [6, 6.07) is 4.70. The Morgan fingerprint density at radius 2 is 2.33 bits per heavy atom. The third kappa shape index (κ3) is 2.10. The van der Waals surface area contributed by atoms with Gasteiger partial charge < -0.3 is 20.1 Å². The van der Waals surface area contributed by atoms with Gasteiger partial charge in [-0.3, -0.25) is 0 Å². The highest BCUT2D eigenvalue weighted by atomic mass is 16.5. The number of benzene rings is 1. The lowest BCUT2D eigenvalue weighted by Gasteiger charge is -2.01. The van der Waals surface area contributed by atoms with Crippen LogP contribution in [0.5, 0.6) is 5.75 Å². The van der Waals surface area contributed by atoms with E-state index in [1.54, 1.807) is 19.1 Å². The van der Waals surface area contributed by atoms with Gasteiger partial charge in [-0.25, -0.2) is 4.79 Å². The Balaban J connectivity index is 2.35. The fourth-order valence-electron chi connectivity index (χ4n) is 1.35. The van der Waals surface area contributed by atoms with Crippen molar-refractivity contribution in [3.8, 4) is 17.2 Å². The van der Waals surface area contributed by atoms with Crippen molar-refractivity contribution in [3.63, 3.8) is 0 Å². The van der Waals surface area contributed by atoms with Crippen LogP contribution < -0.4 is 5.73 Å². The van der Waals surface area contributed by atoms with Gasteiger partial charge in [0.15, 0.2) is 5.75 Å². The molecule has 2 aromatic rings. The van der Waals surface area contributed by atoms with Gasteiger partial charge in [0.05, 0.1) is 17.9 Å². The van der Waals surface area contributed by atoms with E-state index in [1.165, 1.54) is 6.07 Å². The van der Waals surface area contributed by atoms with Gasteiger partial charge in [-0.15, -0.1) is 0 Å². The van der Waals surface area contributed by atoms with E-state index in [-0.39, 0.29) is 35.3 Å². The highest BCUT2D eigenvalue weighted by Crippen LogP contribution is 2.32. The number of aromatic nitrogens is 2. The van der Waals surface area contributed by atoms with E-state index in [0.717, 1.165) is 0 Å². The summed E-state index contributed by atoms with van der Waals surface area (Å²) in [5.74, 6) is -1.05. The highest BCUT2D eigenvalue weighted by Gasteiger charge is 2.19. The number of carbonyl (C=O) groups excluding carboxylic acids is 1. The van der Waals surface area contributed by atoms with E-state index in [2.05, 4.69) is 10.1 Å². The minimum absolute atomic E-state index is 0.00264. The topological polar surface area (TPSA) is 111 Å². The van der Waals surface area contributed by atoms with Gasteiger partial charge in [0.25, 0.3) is 11.7 Å². The Bertz CT molecular complexity index is 579. The lowest BCUT2D eigenvalue weighted by atomic mass is 10.2. The number of phenols is 1. The predicted molar refractivity (Wildman–Crippen MR) is 61.8 cm³/mol. The smallest absolute Gasteiger partial charge is 0.379 e.